The molecule has 3 heteroatoms. The minimum atomic E-state index is -0.673. The van der Waals surface area contributed by atoms with E-state index in [1.807, 2.05) is 0 Å². The van der Waals surface area contributed by atoms with Crippen LogP contribution in [0.15, 0.2) is 18.2 Å². The van der Waals surface area contributed by atoms with Crippen molar-refractivity contribution in [2.24, 2.45) is 5.92 Å². The second-order valence-corrected chi connectivity index (χ2v) is 4.62. The lowest BCUT2D eigenvalue weighted by atomic mass is 9.79. The molecule has 1 aliphatic rings. The quantitative estimate of drug-likeness (QED) is 0.723. The summed E-state index contributed by atoms with van der Waals surface area (Å²) < 4.78 is 0. The van der Waals surface area contributed by atoms with Crippen LogP contribution in [0, 0.1) is 5.92 Å². The molecule has 0 spiro atoms. The van der Waals surface area contributed by atoms with E-state index >= 15 is 0 Å². The van der Waals surface area contributed by atoms with Crippen molar-refractivity contribution < 1.29 is 5.11 Å². The molecule has 0 bridgehead atoms. The van der Waals surface area contributed by atoms with Crippen LogP contribution in [0.5, 0.6) is 0 Å². The number of benzene rings is 1. The SMILES string of the molecule is [O]C(c1ccc(Cl)cc1Cl)C1CCC1. The molecule has 1 aromatic carbocycles. The fourth-order valence-corrected chi connectivity index (χ4v) is 2.24. The topological polar surface area (TPSA) is 19.9 Å². The van der Waals surface area contributed by atoms with Crippen molar-refractivity contribution in [1.29, 1.82) is 0 Å². The van der Waals surface area contributed by atoms with E-state index in [1.165, 1.54) is 6.42 Å². The average molecular weight is 230 g/mol. The third kappa shape index (κ3) is 1.90. The standard InChI is InChI=1S/C11H11Cl2O/c12-8-4-5-9(10(13)6-8)11(14)7-2-1-3-7/h4-7,11H,1-3H2. The minimum absolute atomic E-state index is 0.272. The van der Waals surface area contributed by atoms with Crippen LogP contribution in [0.2, 0.25) is 10.0 Å². The Bertz CT molecular complexity index is 334. The van der Waals surface area contributed by atoms with Gasteiger partial charge in [0.1, 0.15) is 6.10 Å². The van der Waals surface area contributed by atoms with Crippen LogP contribution in [0.1, 0.15) is 30.9 Å². The van der Waals surface area contributed by atoms with E-state index in [9.17, 15) is 5.11 Å². The van der Waals surface area contributed by atoms with Crippen molar-refractivity contribution in [2.45, 2.75) is 25.4 Å². The third-order valence-electron chi connectivity index (χ3n) is 2.85. The van der Waals surface area contributed by atoms with E-state index in [-0.39, 0.29) is 5.92 Å². The summed E-state index contributed by atoms with van der Waals surface area (Å²) in [5.74, 6) is 0.272. The summed E-state index contributed by atoms with van der Waals surface area (Å²) in [6, 6.07) is 5.12. The van der Waals surface area contributed by atoms with Crippen LogP contribution >= 0.6 is 23.2 Å². The fraction of sp³-hybridized carbons (Fsp3) is 0.455. The van der Waals surface area contributed by atoms with Crippen LogP contribution < -0.4 is 0 Å². The zero-order valence-electron chi connectivity index (χ0n) is 7.67. The van der Waals surface area contributed by atoms with Crippen LogP contribution in [-0.4, -0.2) is 0 Å². The third-order valence-corrected chi connectivity index (χ3v) is 3.41. The number of rotatable bonds is 2. The lowest BCUT2D eigenvalue weighted by molar-refractivity contribution is 0.00245. The Balaban J connectivity index is 2.22. The van der Waals surface area contributed by atoms with Crippen LogP contribution in [0.25, 0.3) is 0 Å². The van der Waals surface area contributed by atoms with Gasteiger partial charge in [0.2, 0.25) is 0 Å². The van der Waals surface area contributed by atoms with Gasteiger partial charge in [-0.2, -0.15) is 0 Å². The monoisotopic (exact) mass is 229 g/mol. The van der Waals surface area contributed by atoms with Crippen LogP contribution in [0.3, 0.4) is 0 Å². The van der Waals surface area contributed by atoms with Crippen LogP contribution in [-0.2, 0) is 5.11 Å². The summed E-state index contributed by atoms with van der Waals surface area (Å²) in [5, 5.41) is 13.0. The molecule has 1 nitrogen and oxygen atoms in total. The molecule has 0 saturated heterocycles. The highest BCUT2D eigenvalue weighted by atomic mass is 35.5. The maximum Gasteiger partial charge on any atom is 0.122 e. The van der Waals surface area contributed by atoms with Gasteiger partial charge >= 0.3 is 0 Å². The molecule has 0 amide bonds. The first-order chi connectivity index (χ1) is 6.68. The first-order valence-corrected chi connectivity index (χ1v) is 5.55. The second kappa shape index (κ2) is 4.09. The van der Waals surface area contributed by atoms with Crippen molar-refractivity contribution in [1.82, 2.24) is 0 Å². The van der Waals surface area contributed by atoms with Crippen molar-refractivity contribution in [3.05, 3.63) is 33.8 Å². The Kier molecular flexibility index (Phi) is 3.01. The highest BCUT2D eigenvalue weighted by Gasteiger charge is 2.29. The zero-order valence-corrected chi connectivity index (χ0v) is 9.18. The summed E-state index contributed by atoms with van der Waals surface area (Å²) in [6.07, 6.45) is 2.57. The molecule has 1 atom stereocenters. The van der Waals surface area contributed by atoms with E-state index in [4.69, 9.17) is 23.2 Å². The van der Waals surface area contributed by atoms with Gasteiger partial charge in [0.25, 0.3) is 0 Å². The van der Waals surface area contributed by atoms with Crippen molar-refractivity contribution in [2.75, 3.05) is 0 Å². The molecule has 0 aliphatic heterocycles. The molecule has 2 rings (SSSR count). The maximum absolute atomic E-state index is 11.9. The van der Waals surface area contributed by atoms with Gasteiger partial charge in [-0.05, 0) is 30.9 Å². The predicted octanol–water partition coefficient (Wildman–Crippen LogP) is 4.27. The van der Waals surface area contributed by atoms with Gasteiger partial charge < -0.3 is 0 Å². The molecule has 0 heterocycles. The highest BCUT2D eigenvalue weighted by Crippen LogP contribution is 2.40. The number of halogens is 2. The fourth-order valence-electron chi connectivity index (χ4n) is 1.73. The molecule has 1 fully saturated rings. The van der Waals surface area contributed by atoms with Crippen molar-refractivity contribution in [3.63, 3.8) is 0 Å². The molecule has 1 saturated carbocycles. The molecular formula is C11H11Cl2O. The van der Waals surface area contributed by atoms with Gasteiger partial charge in [-0.15, -0.1) is 0 Å². The van der Waals surface area contributed by atoms with E-state index in [0.29, 0.717) is 15.6 Å². The van der Waals surface area contributed by atoms with Gasteiger partial charge in [0.05, 0.1) is 0 Å². The predicted molar refractivity (Wildman–Crippen MR) is 57.2 cm³/mol. The summed E-state index contributed by atoms with van der Waals surface area (Å²) in [4.78, 5) is 0. The largest absolute Gasteiger partial charge is 0.228 e. The first-order valence-electron chi connectivity index (χ1n) is 4.79. The smallest absolute Gasteiger partial charge is 0.122 e. The van der Waals surface area contributed by atoms with Gasteiger partial charge in [-0.25, -0.2) is 5.11 Å². The summed E-state index contributed by atoms with van der Waals surface area (Å²) in [6.45, 7) is 0. The maximum atomic E-state index is 11.9. The highest BCUT2D eigenvalue weighted by molar-refractivity contribution is 6.35. The molecule has 14 heavy (non-hydrogen) atoms. The van der Waals surface area contributed by atoms with Gasteiger partial charge in [0.15, 0.2) is 0 Å². The van der Waals surface area contributed by atoms with E-state index in [1.54, 1.807) is 18.2 Å². The van der Waals surface area contributed by atoms with E-state index < -0.39 is 6.10 Å². The molecule has 0 N–H and O–H groups in total. The Labute approximate surface area is 93.7 Å². The minimum Gasteiger partial charge on any atom is -0.228 e. The molecule has 75 valence electrons. The lowest BCUT2D eigenvalue weighted by Crippen LogP contribution is -2.19. The number of hydrogen-bond acceptors (Lipinski definition) is 0. The summed E-state index contributed by atoms with van der Waals surface area (Å²) in [5.41, 5.74) is 0.695. The molecule has 1 aromatic rings. The Morgan fingerprint density at radius 1 is 1.29 bits per heavy atom. The summed E-state index contributed by atoms with van der Waals surface area (Å²) >= 11 is 11.7. The zero-order chi connectivity index (χ0) is 10.1. The molecular weight excluding hydrogens is 219 g/mol. The van der Waals surface area contributed by atoms with Crippen LogP contribution in [0.4, 0.5) is 0 Å². The molecule has 1 radical (unpaired) electrons. The van der Waals surface area contributed by atoms with Gasteiger partial charge in [-0.3, -0.25) is 0 Å². The molecule has 1 aliphatic carbocycles. The van der Waals surface area contributed by atoms with Crippen molar-refractivity contribution >= 4 is 23.2 Å². The first kappa shape index (κ1) is 10.3. The van der Waals surface area contributed by atoms with Gasteiger partial charge in [0, 0.05) is 15.6 Å². The Hall–Kier alpha value is -0.240. The summed E-state index contributed by atoms with van der Waals surface area (Å²) in [7, 11) is 0. The number of hydrogen-bond donors (Lipinski definition) is 0. The average Bonchev–Trinajstić information content (AvgIpc) is 2.00. The second-order valence-electron chi connectivity index (χ2n) is 3.78. The normalized spacial score (nSPS) is 19.1. The molecule has 1 unspecified atom stereocenters. The lowest BCUT2D eigenvalue weighted by Gasteiger charge is -2.29. The molecule has 0 aromatic heterocycles. The Morgan fingerprint density at radius 2 is 2.00 bits per heavy atom. The van der Waals surface area contributed by atoms with Gasteiger partial charge in [-0.1, -0.05) is 35.7 Å². The van der Waals surface area contributed by atoms with Crippen molar-refractivity contribution in [3.8, 4) is 0 Å². The Morgan fingerprint density at radius 3 is 2.50 bits per heavy atom. The van der Waals surface area contributed by atoms with E-state index in [0.717, 1.165) is 12.8 Å². The van der Waals surface area contributed by atoms with E-state index in [2.05, 4.69) is 0 Å².